The van der Waals surface area contributed by atoms with Crippen molar-refractivity contribution in [2.75, 3.05) is 44.6 Å². The Kier molecular flexibility index (Phi) is 35.2. The van der Waals surface area contributed by atoms with Crippen LogP contribution in [0.15, 0.2) is 185 Å². The topological polar surface area (TPSA) is 443 Å². The zero-order valence-corrected chi connectivity index (χ0v) is 90.5. The molecule has 10 aliphatic rings. The van der Waals surface area contributed by atoms with Gasteiger partial charge in [-0.05, 0) is 272 Å². The van der Waals surface area contributed by atoms with Crippen molar-refractivity contribution in [3.63, 3.8) is 0 Å². The van der Waals surface area contributed by atoms with Crippen LogP contribution in [0.5, 0.6) is 0 Å². The molecule has 0 atom stereocenters. The van der Waals surface area contributed by atoms with Gasteiger partial charge in [-0.2, -0.15) is 5.26 Å². The molecule has 0 aromatic carbocycles. The summed E-state index contributed by atoms with van der Waals surface area (Å²) < 4.78 is 24.9. The number of rotatable bonds is 17. The first-order valence-electron chi connectivity index (χ1n) is 47.8. The molecule has 41 heteroatoms. The van der Waals surface area contributed by atoms with E-state index in [4.69, 9.17) is 54.6 Å². The Balaban J connectivity index is 0.000000149. The molecule has 0 spiro atoms. The number of aromatic nitrogens is 15. The number of aldehydes is 2. The highest BCUT2D eigenvalue weighted by molar-refractivity contribution is 9.11. The van der Waals surface area contributed by atoms with Crippen LogP contribution in [0.4, 0.5) is 51.8 Å². The van der Waals surface area contributed by atoms with Crippen molar-refractivity contribution in [1.29, 1.82) is 10.7 Å². The van der Waals surface area contributed by atoms with Gasteiger partial charge in [0.2, 0.25) is 0 Å². The van der Waals surface area contributed by atoms with Crippen molar-refractivity contribution in [3.05, 3.63) is 280 Å². The molecule has 15 heterocycles. The van der Waals surface area contributed by atoms with Crippen molar-refractivity contribution in [2.45, 2.75) is 207 Å². The second-order valence-corrected chi connectivity index (χ2v) is 43.0. The van der Waals surface area contributed by atoms with E-state index in [0.717, 1.165) is 127 Å². The number of anilines is 9. The third-order valence-electron chi connectivity index (χ3n) is 26.0. The van der Waals surface area contributed by atoms with Gasteiger partial charge in [-0.1, -0.05) is 71.3 Å². The first-order valence-corrected chi connectivity index (χ1v) is 51.0. The lowest BCUT2D eigenvalue weighted by molar-refractivity contribution is 0.00578. The fraction of sp³-hybridized carbons (Fsp3) is 0.394. The Morgan fingerprint density at radius 3 is 1.41 bits per heavy atom. The maximum atomic E-state index is 13.7. The normalized spacial score (nSPS) is 16.7. The molecule has 5 saturated carbocycles. The van der Waals surface area contributed by atoms with Crippen molar-refractivity contribution < 1.29 is 28.5 Å². The summed E-state index contributed by atoms with van der Waals surface area (Å²) in [4.78, 5) is 141. The summed E-state index contributed by atoms with van der Waals surface area (Å²) in [6, 6.07) is 25.0. The van der Waals surface area contributed by atoms with Crippen molar-refractivity contribution in [2.24, 2.45) is 50.7 Å². The number of allylic oxidation sites excluding steroid dienone is 1. The molecule has 0 unspecified atom stereocenters. The molecule has 7 aliphatic carbocycles. The van der Waals surface area contributed by atoms with Gasteiger partial charge in [0.1, 0.15) is 86.1 Å². The summed E-state index contributed by atoms with van der Waals surface area (Å²) in [5.74, 6) is 7.74. The third-order valence-corrected chi connectivity index (χ3v) is 27.8. The number of fused-ring (bicyclic) bond motifs is 6. The van der Waals surface area contributed by atoms with E-state index >= 15 is 0 Å². The molecular weight excluding hydrogens is 2100 g/mol. The summed E-state index contributed by atoms with van der Waals surface area (Å²) in [7, 11) is 6.30. The average Bonchev–Trinajstić information content (AvgIpc) is 1.59. The van der Waals surface area contributed by atoms with Crippen LogP contribution >= 0.6 is 83.4 Å². The maximum absolute atomic E-state index is 13.7. The van der Waals surface area contributed by atoms with Crippen LogP contribution in [0.25, 0.3) is 11.1 Å². The number of hydrogen-bond donors (Lipinski definition) is 6. The number of nitrogens with two attached hydrogens (primary N) is 2. The predicted molar refractivity (Wildman–Crippen MR) is 580 cm³/mol. The van der Waals surface area contributed by atoms with E-state index in [2.05, 4.69) is 152 Å². The molecule has 0 bridgehead atoms. The molecule has 2 amide bonds. The van der Waals surface area contributed by atoms with Crippen LogP contribution in [0, 0.1) is 33.5 Å². The van der Waals surface area contributed by atoms with E-state index in [1.165, 1.54) is 59.8 Å². The Morgan fingerprint density at radius 2 is 0.959 bits per heavy atom. The second-order valence-electron chi connectivity index (χ2n) is 39.4. The summed E-state index contributed by atoms with van der Waals surface area (Å²) in [6.45, 7) is 26.4. The van der Waals surface area contributed by atoms with Gasteiger partial charge in [0.15, 0.2) is 12.6 Å². The summed E-state index contributed by atoms with van der Waals surface area (Å²) >= 11 is 20.7. The minimum atomic E-state index is -0.533. The summed E-state index contributed by atoms with van der Waals surface area (Å²) in [5, 5.41) is 24.3. The first kappa shape index (κ1) is 110. The number of nitrogens with one attached hydrogen (secondary N) is 4. The molecule has 22 rings (SSSR count). The van der Waals surface area contributed by atoms with Gasteiger partial charge < -0.3 is 64.1 Å². The standard InChI is InChI=1S/C32H32N6O3.C19H25BN4O3.C18H18ClN3O2.C13H13BrN4O.C7H9N3.C6H5Br2NO.C4H8N2.C3H2ClN.C2H6.ClH/c1-32(2)15-20-13-27-31(41)38(11-10-37(27)28(20)16-32)29-24(18-39)23(7-9-34-29)21-12-26(30(40)36(3)17-21)35-22-6-8-33-25(14-22)19-4-5-19;1-18(2)19(3,4)27-20(26-18)13-10-14(17(25)24(5)11-13)22-15-8-9-21-16(23-15)12-6-7-12;1-18(2)8-11-7-14-17(24)22(6-5-21(14)15(11)9-18)16-12(10-23)13(19)3-4-20-16;1-18-7-9(14)6-10(13(18)19)16-11-4-5-15-12(17-11)8-2-3-8;8-6-3-4-9-7(10-6)5-1-2-5;1-9-3-4(7)2-5(8)6(9)10;5-4(6)3-1-2-3;1-3(4)2-5;1-2;/h6-9,12-14,17-19H,4-5,10-11,15-16H2,1-3H3,(H,33,35);8-12H,6-7H2,1-5H3,(H,21,22,23);3-4,7,10H,5-6,8-9H2,1-2H3;4-8H,2-3H2,1H3,(H,15,16,17);3-5H,1-2H2,(H2,8,9,10);2-3H,1H3;3H,1-2H2,(H3,5,6);1H2;1-2H3;1H. The van der Waals surface area contributed by atoms with Crippen LogP contribution < -0.4 is 64.9 Å². The van der Waals surface area contributed by atoms with E-state index in [1.807, 2.05) is 65.8 Å². The van der Waals surface area contributed by atoms with E-state index in [1.54, 1.807) is 154 Å². The maximum Gasteiger partial charge on any atom is 0.496 e. The van der Waals surface area contributed by atoms with Crippen molar-refractivity contribution >= 4 is 178 Å². The second kappa shape index (κ2) is 46.5. The lowest BCUT2D eigenvalue weighted by Gasteiger charge is -2.32. The molecular formula is C104H119BBr3Cl3N24O10. The zero-order valence-electron chi connectivity index (χ0n) is 83.4. The minimum Gasteiger partial charge on any atom is -0.399 e. The number of hydrogen-bond acceptors (Lipinski definition) is 25. The highest BCUT2D eigenvalue weighted by atomic mass is 79.9. The highest BCUT2D eigenvalue weighted by Crippen LogP contribution is 2.46. The highest BCUT2D eigenvalue weighted by Gasteiger charge is 2.52. The SMILES string of the molecule is C=C(Cl)C#N.CC.CC1(C)Cc2cc3n(c2C1)CCN(c1nccc(Cl)c1C=O)C3=O.Cl.Cn1cc(-c2ccnc(N3CCn4c(cc5c4CC(C)(C)C5)C3=O)c2C=O)cc(Nc2ccnc(C3CC3)c2)c1=O.Cn1cc(B2OC(C)(C)C(C)(C)O2)cc(Nc2ccnc(C3CC3)n2)c1=O.Cn1cc(Br)cc(Br)c1=O.Cn1cc(Br)cc(Nc2ccnc(C3CC3)n2)c1=O.N=C(N)C1CC1.Nc1ccnc(C2CC2)n1. The number of carbonyl (C=O) groups excluding carboxylic acids is 4. The number of amides is 2. The van der Waals surface area contributed by atoms with Crippen molar-refractivity contribution in [1.82, 2.24) is 72.3 Å². The van der Waals surface area contributed by atoms with Gasteiger partial charge in [-0.25, -0.2) is 39.9 Å². The Labute approximate surface area is 882 Å². The Hall–Kier alpha value is -12.5. The number of pyridine rings is 7. The predicted octanol–water partition coefficient (Wildman–Crippen LogP) is 18.5. The Morgan fingerprint density at radius 1 is 0.531 bits per heavy atom. The molecule has 34 nitrogen and oxygen atoms in total. The number of aryl methyl sites for hydroxylation is 4. The van der Waals surface area contributed by atoms with E-state index in [9.17, 15) is 38.4 Å². The van der Waals surface area contributed by atoms with Crippen molar-refractivity contribution in [3.8, 4) is 17.2 Å². The molecule has 6 fully saturated rings. The Bertz CT molecular complexity index is 7170. The molecule has 3 aliphatic heterocycles. The first-order chi connectivity index (χ1) is 68.5. The van der Waals surface area contributed by atoms with Crippen LogP contribution in [0.3, 0.4) is 0 Å². The molecule has 8 N–H and O–H groups in total. The molecule has 145 heavy (non-hydrogen) atoms. The average molecular weight is 2220 g/mol. The molecule has 12 aromatic heterocycles. The van der Waals surface area contributed by atoms with E-state index in [0.29, 0.717) is 152 Å². The lowest BCUT2D eigenvalue weighted by Crippen LogP contribution is -2.41. The quantitative estimate of drug-likeness (QED) is 0.0162. The molecule has 12 aromatic rings. The van der Waals surface area contributed by atoms with Crippen LogP contribution in [-0.2, 0) is 76.3 Å². The van der Waals surface area contributed by atoms with Gasteiger partial charge in [-0.3, -0.25) is 58.5 Å². The van der Waals surface area contributed by atoms with Gasteiger partial charge in [0, 0.05) is 189 Å². The summed E-state index contributed by atoms with van der Waals surface area (Å²) in [6.07, 6.45) is 33.9. The lowest BCUT2D eigenvalue weighted by atomic mass is 9.80. The monoisotopic (exact) mass is 2220 g/mol. The van der Waals surface area contributed by atoms with Crippen LogP contribution in [-0.4, -0.2) is 134 Å². The van der Waals surface area contributed by atoms with Crippen LogP contribution in [0.2, 0.25) is 5.02 Å². The van der Waals surface area contributed by atoms with Crippen LogP contribution in [0.1, 0.15) is 244 Å². The van der Waals surface area contributed by atoms with E-state index in [-0.39, 0.29) is 67.9 Å². The number of carbonyl (C=O) groups is 4. The fourth-order valence-electron chi connectivity index (χ4n) is 17.2. The number of nitrogen functional groups attached to an aromatic ring is 1. The van der Waals surface area contributed by atoms with E-state index < -0.39 is 18.3 Å². The smallest absolute Gasteiger partial charge is 0.399 e. The number of amidine groups is 1. The third kappa shape index (κ3) is 27.1. The fourth-order valence-corrected chi connectivity index (χ4v) is 19.2. The number of halogens is 6. The number of nitrogens with zero attached hydrogens (tertiary/aromatic N) is 18. The molecule has 1 saturated heterocycles. The van der Waals surface area contributed by atoms with Gasteiger partial charge in [-0.15, -0.1) is 12.4 Å². The molecule has 760 valence electrons. The number of nitriles is 1. The summed E-state index contributed by atoms with van der Waals surface area (Å²) in [5.41, 5.74) is 21.8. The van der Waals surface area contributed by atoms with Gasteiger partial charge >= 0.3 is 7.12 Å². The zero-order chi connectivity index (χ0) is 104. The van der Waals surface area contributed by atoms with Gasteiger partial charge in [0.05, 0.1) is 37.7 Å². The van der Waals surface area contributed by atoms with Gasteiger partial charge in [0.25, 0.3) is 34.1 Å². The minimum absolute atomic E-state index is 0. The molecule has 0 radical (unpaired) electrons. The largest absolute Gasteiger partial charge is 0.496 e.